The van der Waals surface area contributed by atoms with E-state index in [9.17, 15) is 17.6 Å². The number of carbonyl (C=O) groups is 1. The van der Waals surface area contributed by atoms with Crippen LogP contribution in [0.1, 0.15) is 23.1 Å². The van der Waals surface area contributed by atoms with E-state index in [-0.39, 0.29) is 25.3 Å². The number of benzene rings is 1. The van der Waals surface area contributed by atoms with E-state index in [1.165, 1.54) is 7.05 Å². The minimum Gasteiger partial charge on any atom is -0.481 e. The fraction of sp³-hybridized carbons (Fsp3) is 0.462. The van der Waals surface area contributed by atoms with Gasteiger partial charge in [0.1, 0.15) is 5.82 Å². The Morgan fingerprint density at radius 1 is 1.33 bits per heavy atom. The molecule has 2 N–H and O–H groups in total. The maximum atomic E-state index is 13.5. The molecule has 0 aliphatic carbocycles. The fourth-order valence-corrected chi connectivity index (χ4v) is 2.70. The number of aryl methyl sites for hydroxylation is 2. The Balaban J connectivity index is 2.71. The molecule has 1 aromatic carbocycles. The molecule has 0 aliphatic heterocycles. The van der Waals surface area contributed by atoms with Gasteiger partial charge in [-0.25, -0.2) is 4.39 Å². The van der Waals surface area contributed by atoms with Gasteiger partial charge < -0.3 is 5.11 Å². The van der Waals surface area contributed by atoms with Crippen LogP contribution >= 0.6 is 0 Å². The van der Waals surface area contributed by atoms with Crippen LogP contribution in [0.5, 0.6) is 0 Å². The quantitative estimate of drug-likeness (QED) is 0.790. The summed E-state index contributed by atoms with van der Waals surface area (Å²) < 4.78 is 40.6. The van der Waals surface area contributed by atoms with E-state index >= 15 is 0 Å². The van der Waals surface area contributed by atoms with Crippen molar-refractivity contribution in [1.29, 1.82) is 0 Å². The SMILES string of the molecule is Cc1cc(CNS(=O)(=O)N(C)CCC(=O)O)cc(C)c1F. The number of hydrogen-bond acceptors (Lipinski definition) is 3. The standard InChI is InChI=1S/C13H19FN2O4S/c1-9-6-11(7-10(2)13(9)14)8-15-21(19,20)16(3)5-4-12(17)18/h6-7,15H,4-5,8H2,1-3H3,(H,17,18). The molecule has 0 unspecified atom stereocenters. The second-order valence-corrected chi connectivity index (χ2v) is 6.70. The summed E-state index contributed by atoms with van der Waals surface area (Å²) in [4.78, 5) is 10.4. The highest BCUT2D eigenvalue weighted by molar-refractivity contribution is 7.87. The van der Waals surface area contributed by atoms with E-state index in [4.69, 9.17) is 5.11 Å². The van der Waals surface area contributed by atoms with E-state index < -0.39 is 16.2 Å². The molecule has 0 saturated heterocycles. The van der Waals surface area contributed by atoms with Crippen LogP contribution in [0.3, 0.4) is 0 Å². The Morgan fingerprint density at radius 3 is 2.33 bits per heavy atom. The number of carboxylic acids is 1. The molecule has 0 saturated carbocycles. The first-order valence-electron chi connectivity index (χ1n) is 6.32. The highest BCUT2D eigenvalue weighted by atomic mass is 32.2. The third kappa shape index (κ3) is 5.07. The molecule has 0 atom stereocenters. The minimum absolute atomic E-state index is 0.0156. The lowest BCUT2D eigenvalue weighted by molar-refractivity contribution is -0.137. The number of hydrogen-bond donors (Lipinski definition) is 2. The van der Waals surface area contributed by atoms with Gasteiger partial charge in [-0.2, -0.15) is 17.4 Å². The molecule has 0 bridgehead atoms. The first-order valence-corrected chi connectivity index (χ1v) is 7.76. The van der Waals surface area contributed by atoms with Gasteiger partial charge in [0, 0.05) is 20.1 Å². The molecule has 0 heterocycles. The van der Waals surface area contributed by atoms with Gasteiger partial charge in [0.25, 0.3) is 10.2 Å². The van der Waals surface area contributed by atoms with Crippen molar-refractivity contribution in [2.45, 2.75) is 26.8 Å². The van der Waals surface area contributed by atoms with Crippen LogP contribution in [-0.4, -0.2) is 37.4 Å². The molecule has 0 aromatic heterocycles. The maximum absolute atomic E-state index is 13.5. The zero-order chi connectivity index (χ0) is 16.2. The Hall–Kier alpha value is -1.51. The molecule has 8 heteroatoms. The summed E-state index contributed by atoms with van der Waals surface area (Å²) in [7, 11) is -2.47. The van der Waals surface area contributed by atoms with Crippen LogP contribution in [0.2, 0.25) is 0 Å². The van der Waals surface area contributed by atoms with E-state index in [1.807, 2.05) is 0 Å². The van der Waals surface area contributed by atoms with E-state index in [0.717, 1.165) is 4.31 Å². The maximum Gasteiger partial charge on any atom is 0.304 e. The van der Waals surface area contributed by atoms with Crippen LogP contribution in [0.4, 0.5) is 4.39 Å². The Kier molecular flexibility index (Phi) is 5.82. The number of nitrogens with zero attached hydrogens (tertiary/aromatic N) is 1. The van der Waals surface area contributed by atoms with Crippen molar-refractivity contribution in [3.05, 3.63) is 34.6 Å². The number of aliphatic carboxylic acids is 1. The highest BCUT2D eigenvalue weighted by Gasteiger charge is 2.18. The lowest BCUT2D eigenvalue weighted by atomic mass is 10.1. The fourth-order valence-electron chi connectivity index (χ4n) is 1.80. The van der Waals surface area contributed by atoms with Gasteiger partial charge in [-0.05, 0) is 30.5 Å². The first kappa shape index (κ1) is 17.5. The van der Waals surface area contributed by atoms with Crippen molar-refractivity contribution in [1.82, 2.24) is 9.03 Å². The molecule has 1 aromatic rings. The zero-order valence-corrected chi connectivity index (χ0v) is 13.0. The summed E-state index contributed by atoms with van der Waals surface area (Å²) in [6.07, 6.45) is -0.272. The largest absolute Gasteiger partial charge is 0.481 e. The molecule has 0 radical (unpaired) electrons. The predicted octanol–water partition coefficient (Wildman–Crippen LogP) is 1.18. The Labute approximate surface area is 123 Å². The molecule has 6 nitrogen and oxygen atoms in total. The summed E-state index contributed by atoms with van der Waals surface area (Å²) in [5.74, 6) is -1.37. The van der Waals surface area contributed by atoms with Gasteiger partial charge in [-0.1, -0.05) is 12.1 Å². The summed E-state index contributed by atoms with van der Waals surface area (Å²) in [5.41, 5.74) is 1.54. The topological polar surface area (TPSA) is 86.7 Å². The Morgan fingerprint density at radius 2 is 1.86 bits per heavy atom. The first-order chi connectivity index (χ1) is 9.63. The number of halogens is 1. The summed E-state index contributed by atoms with van der Waals surface area (Å²) in [6.45, 7) is 3.12. The van der Waals surface area contributed by atoms with Gasteiger partial charge in [0.05, 0.1) is 6.42 Å². The van der Waals surface area contributed by atoms with Crippen molar-refractivity contribution in [3.63, 3.8) is 0 Å². The molecular formula is C13H19FN2O4S. The van der Waals surface area contributed by atoms with Crippen LogP contribution in [-0.2, 0) is 21.5 Å². The second-order valence-electron chi connectivity index (χ2n) is 4.84. The molecular weight excluding hydrogens is 299 g/mol. The molecule has 0 fully saturated rings. The van der Waals surface area contributed by atoms with E-state index in [0.29, 0.717) is 16.7 Å². The molecule has 0 aliphatic rings. The molecule has 21 heavy (non-hydrogen) atoms. The monoisotopic (exact) mass is 318 g/mol. The Bertz CT molecular complexity index is 608. The van der Waals surface area contributed by atoms with Gasteiger partial charge in [0.15, 0.2) is 0 Å². The van der Waals surface area contributed by atoms with Crippen molar-refractivity contribution < 1.29 is 22.7 Å². The minimum atomic E-state index is -3.76. The van der Waals surface area contributed by atoms with Gasteiger partial charge >= 0.3 is 5.97 Å². The number of carboxylic acid groups (broad SMARTS) is 1. The van der Waals surface area contributed by atoms with Crippen molar-refractivity contribution >= 4 is 16.2 Å². The third-order valence-corrected chi connectivity index (χ3v) is 4.52. The molecule has 0 amide bonds. The van der Waals surface area contributed by atoms with Crippen LogP contribution in [0, 0.1) is 19.7 Å². The lowest BCUT2D eigenvalue weighted by Gasteiger charge is -2.17. The van der Waals surface area contributed by atoms with Crippen molar-refractivity contribution in [2.24, 2.45) is 0 Å². The summed E-state index contributed by atoms with van der Waals surface area (Å²) >= 11 is 0. The number of nitrogens with one attached hydrogen (secondary N) is 1. The predicted molar refractivity (Wildman–Crippen MR) is 76.5 cm³/mol. The summed E-state index contributed by atoms with van der Waals surface area (Å²) in [6, 6.07) is 3.14. The second kappa shape index (κ2) is 6.97. The lowest BCUT2D eigenvalue weighted by Crippen LogP contribution is -2.38. The van der Waals surface area contributed by atoms with E-state index in [1.54, 1.807) is 26.0 Å². The van der Waals surface area contributed by atoms with Gasteiger partial charge in [-0.3, -0.25) is 4.79 Å². The summed E-state index contributed by atoms with van der Waals surface area (Å²) in [5, 5.41) is 8.55. The van der Waals surface area contributed by atoms with E-state index in [2.05, 4.69) is 4.72 Å². The average molecular weight is 318 g/mol. The van der Waals surface area contributed by atoms with Crippen molar-refractivity contribution in [3.8, 4) is 0 Å². The molecule has 1 rings (SSSR count). The zero-order valence-electron chi connectivity index (χ0n) is 12.2. The third-order valence-electron chi connectivity index (χ3n) is 3.01. The molecule has 118 valence electrons. The van der Waals surface area contributed by atoms with Gasteiger partial charge in [-0.15, -0.1) is 0 Å². The van der Waals surface area contributed by atoms with Crippen LogP contribution in [0.15, 0.2) is 12.1 Å². The normalized spacial score (nSPS) is 11.9. The van der Waals surface area contributed by atoms with Crippen molar-refractivity contribution in [2.75, 3.05) is 13.6 Å². The average Bonchev–Trinajstić information content (AvgIpc) is 2.39. The van der Waals surface area contributed by atoms with Gasteiger partial charge in [0.2, 0.25) is 0 Å². The smallest absolute Gasteiger partial charge is 0.304 e. The highest BCUT2D eigenvalue weighted by Crippen LogP contribution is 2.14. The molecule has 0 spiro atoms. The number of rotatable bonds is 7. The van der Waals surface area contributed by atoms with Crippen LogP contribution in [0.25, 0.3) is 0 Å². The van der Waals surface area contributed by atoms with Crippen LogP contribution < -0.4 is 4.72 Å².